The van der Waals surface area contributed by atoms with E-state index in [0.29, 0.717) is 0 Å². The Kier molecular flexibility index (Phi) is 4.99. The predicted molar refractivity (Wildman–Crippen MR) is 87.3 cm³/mol. The molecule has 0 N–H and O–H groups in total. The van der Waals surface area contributed by atoms with Crippen LogP contribution in [0.3, 0.4) is 0 Å². The van der Waals surface area contributed by atoms with Gasteiger partial charge in [0.1, 0.15) is 11.5 Å². The van der Waals surface area contributed by atoms with Crippen molar-refractivity contribution in [3.05, 3.63) is 36.4 Å². The van der Waals surface area contributed by atoms with Crippen LogP contribution in [0, 0.1) is 0 Å². The molecule has 0 spiro atoms. The number of rotatable bonds is 0. The molecule has 2 aromatic carbocycles. The molecule has 112 valence electrons. The molecule has 1 aliphatic heterocycles. The summed E-state index contributed by atoms with van der Waals surface area (Å²) < 4.78 is 12.0. The fraction of sp³-hybridized carbons (Fsp3) is 0.474. The molecule has 3 rings (SSSR count). The van der Waals surface area contributed by atoms with Crippen LogP contribution in [-0.4, -0.2) is 13.2 Å². The largest absolute Gasteiger partial charge is 0.493 e. The molecule has 2 heteroatoms. The van der Waals surface area contributed by atoms with E-state index in [9.17, 15) is 0 Å². The highest BCUT2D eigenvalue weighted by molar-refractivity contribution is 5.93. The topological polar surface area (TPSA) is 18.5 Å². The minimum absolute atomic E-state index is 0.810. The van der Waals surface area contributed by atoms with Crippen molar-refractivity contribution in [3.63, 3.8) is 0 Å². The molecule has 2 aromatic rings. The van der Waals surface area contributed by atoms with Crippen molar-refractivity contribution in [2.45, 2.75) is 44.9 Å². The highest BCUT2D eigenvalue weighted by atomic mass is 16.5. The Labute approximate surface area is 127 Å². The zero-order chi connectivity index (χ0) is 14.3. The number of hydrogen-bond donors (Lipinski definition) is 0. The molecule has 0 unspecified atom stereocenters. The van der Waals surface area contributed by atoms with Gasteiger partial charge >= 0.3 is 0 Å². The summed E-state index contributed by atoms with van der Waals surface area (Å²) in [7, 11) is 0. The third-order valence-electron chi connectivity index (χ3n) is 4.15. The second-order valence-corrected chi connectivity index (χ2v) is 5.78. The van der Waals surface area contributed by atoms with Crippen LogP contribution in [0.1, 0.15) is 44.9 Å². The van der Waals surface area contributed by atoms with Crippen LogP contribution in [0.5, 0.6) is 11.5 Å². The highest BCUT2D eigenvalue weighted by Gasteiger charge is 2.08. The highest BCUT2D eigenvalue weighted by Crippen LogP contribution is 2.33. The average molecular weight is 284 g/mol. The van der Waals surface area contributed by atoms with Crippen LogP contribution in [0.4, 0.5) is 0 Å². The van der Waals surface area contributed by atoms with Gasteiger partial charge in [0.15, 0.2) is 0 Å². The third-order valence-corrected chi connectivity index (χ3v) is 4.15. The number of hydrogen-bond acceptors (Lipinski definition) is 2. The minimum Gasteiger partial charge on any atom is -0.493 e. The van der Waals surface area contributed by atoms with Gasteiger partial charge < -0.3 is 9.47 Å². The molecule has 0 fully saturated rings. The van der Waals surface area contributed by atoms with Gasteiger partial charge in [-0.1, -0.05) is 56.4 Å². The van der Waals surface area contributed by atoms with Crippen molar-refractivity contribution in [3.8, 4) is 11.5 Å². The Balaban J connectivity index is 1.86. The first kappa shape index (κ1) is 14.2. The molecule has 2 bridgehead atoms. The molecule has 0 radical (unpaired) electrons. The smallest absolute Gasteiger partial charge is 0.127 e. The second-order valence-electron chi connectivity index (χ2n) is 5.78. The van der Waals surface area contributed by atoms with E-state index in [1.54, 1.807) is 0 Å². The summed E-state index contributed by atoms with van der Waals surface area (Å²) in [4.78, 5) is 0. The molecular weight excluding hydrogens is 260 g/mol. The van der Waals surface area contributed by atoms with Gasteiger partial charge in [0.2, 0.25) is 0 Å². The fourth-order valence-electron chi connectivity index (χ4n) is 2.95. The lowest BCUT2D eigenvalue weighted by molar-refractivity contribution is 0.306. The summed E-state index contributed by atoms with van der Waals surface area (Å²) >= 11 is 0. The van der Waals surface area contributed by atoms with E-state index in [-0.39, 0.29) is 0 Å². The maximum absolute atomic E-state index is 5.99. The number of ether oxygens (including phenoxy) is 2. The van der Waals surface area contributed by atoms with Crippen molar-refractivity contribution in [1.82, 2.24) is 0 Å². The fourth-order valence-corrected chi connectivity index (χ4v) is 2.95. The summed E-state index contributed by atoms with van der Waals surface area (Å²) in [6, 6.07) is 12.5. The zero-order valence-corrected chi connectivity index (χ0v) is 12.6. The summed E-state index contributed by atoms with van der Waals surface area (Å²) in [6.07, 6.45) is 8.82. The van der Waals surface area contributed by atoms with Crippen LogP contribution in [-0.2, 0) is 0 Å². The maximum atomic E-state index is 5.99. The quantitative estimate of drug-likeness (QED) is 0.650. The Bertz CT molecular complexity index is 526. The second kappa shape index (κ2) is 7.35. The van der Waals surface area contributed by atoms with Crippen molar-refractivity contribution < 1.29 is 9.47 Å². The summed E-state index contributed by atoms with van der Waals surface area (Å²) in [6.45, 7) is 1.62. The lowest BCUT2D eigenvalue weighted by Crippen LogP contribution is -2.00. The molecule has 0 saturated heterocycles. The number of fused-ring (bicyclic) bond motifs is 6. The van der Waals surface area contributed by atoms with E-state index in [0.717, 1.165) is 48.3 Å². The van der Waals surface area contributed by atoms with Crippen molar-refractivity contribution in [2.24, 2.45) is 0 Å². The molecule has 0 saturated carbocycles. The van der Waals surface area contributed by atoms with Gasteiger partial charge in [-0.15, -0.1) is 0 Å². The standard InChI is InChI=1S/C19H24O2/c1-2-4-8-14-20-18-12-13-19(21-15-9-5-3-1)17-11-7-6-10-16(17)18/h6-7,10-13H,1-5,8-9,14-15H2. The molecule has 0 amide bonds. The van der Waals surface area contributed by atoms with E-state index in [2.05, 4.69) is 36.4 Å². The Morgan fingerprint density at radius 3 is 1.43 bits per heavy atom. The van der Waals surface area contributed by atoms with Gasteiger partial charge in [-0.05, 0) is 25.0 Å². The first-order valence-electron chi connectivity index (χ1n) is 8.22. The van der Waals surface area contributed by atoms with Gasteiger partial charge in [0.25, 0.3) is 0 Å². The lowest BCUT2D eigenvalue weighted by atomic mass is 10.1. The van der Waals surface area contributed by atoms with Gasteiger partial charge in [-0.3, -0.25) is 0 Å². The summed E-state index contributed by atoms with van der Waals surface area (Å²) in [5.74, 6) is 1.96. The Hall–Kier alpha value is -1.70. The minimum atomic E-state index is 0.810. The zero-order valence-electron chi connectivity index (χ0n) is 12.6. The average Bonchev–Trinajstić information content (AvgIpc) is 2.54. The molecule has 0 aliphatic carbocycles. The van der Waals surface area contributed by atoms with Gasteiger partial charge in [-0.2, -0.15) is 0 Å². The predicted octanol–water partition coefficient (Wildman–Crippen LogP) is 5.34. The first-order chi connectivity index (χ1) is 10.4. The molecular formula is C19H24O2. The van der Waals surface area contributed by atoms with Crippen LogP contribution >= 0.6 is 0 Å². The molecule has 2 nitrogen and oxygen atoms in total. The maximum Gasteiger partial charge on any atom is 0.127 e. The van der Waals surface area contributed by atoms with Crippen LogP contribution < -0.4 is 9.47 Å². The SMILES string of the molecule is c1ccc2c3ccc(c2c1)OCCCCCCCCCO3. The van der Waals surface area contributed by atoms with Gasteiger partial charge in [0, 0.05) is 10.8 Å². The van der Waals surface area contributed by atoms with Crippen molar-refractivity contribution in [2.75, 3.05) is 13.2 Å². The summed E-state index contributed by atoms with van der Waals surface area (Å²) in [5, 5.41) is 2.31. The molecule has 1 heterocycles. The first-order valence-corrected chi connectivity index (χ1v) is 8.22. The Morgan fingerprint density at radius 1 is 0.524 bits per heavy atom. The van der Waals surface area contributed by atoms with E-state index in [4.69, 9.17) is 9.47 Å². The van der Waals surface area contributed by atoms with Gasteiger partial charge in [0.05, 0.1) is 13.2 Å². The summed E-state index contributed by atoms with van der Waals surface area (Å²) in [5.41, 5.74) is 0. The normalized spacial score (nSPS) is 17.5. The lowest BCUT2D eigenvalue weighted by Gasteiger charge is -2.13. The molecule has 0 atom stereocenters. The Morgan fingerprint density at radius 2 is 0.952 bits per heavy atom. The monoisotopic (exact) mass is 284 g/mol. The van der Waals surface area contributed by atoms with E-state index in [1.807, 2.05) is 0 Å². The van der Waals surface area contributed by atoms with Crippen molar-refractivity contribution in [1.29, 1.82) is 0 Å². The molecule has 1 aliphatic rings. The molecule has 21 heavy (non-hydrogen) atoms. The third kappa shape index (κ3) is 3.69. The van der Waals surface area contributed by atoms with Crippen LogP contribution in [0.2, 0.25) is 0 Å². The van der Waals surface area contributed by atoms with Crippen LogP contribution in [0.25, 0.3) is 10.8 Å². The molecule has 0 aromatic heterocycles. The van der Waals surface area contributed by atoms with E-state index < -0.39 is 0 Å². The number of benzene rings is 2. The van der Waals surface area contributed by atoms with Crippen LogP contribution in [0.15, 0.2) is 36.4 Å². The van der Waals surface area contributed by atoms with E-state index >= 15 is 0 Å². The van der Waals surface area contributed by atoms with E-state index in [1.165, 1.54) is 32.1 Å². The van der Waals surface area contributed by atoms with Gasteiger partial charge in [-0.25, -0.2) is 0 Å². The van der Waals surface area contributed by atoms with Crippen molar-refractivity contribution >= 4 is 10.8 Å².